The first-order valence-electron chi connectivity index (χ1n) is 26.3. The van der Waals surface area contributed by atoms with Gasteiger partial charge in [-0.2, -0.15) is 78.9 Å². The van der Waals surface area contributed by atoms with Crippen LogP contribution in [0.4, 0.5) is 0 Å². The van der Waals surface area contributed by atoms with E-state index in [4.69, 9.17) is 9.97 Å². The van der Waals surface area contributed by atoms with Gasteiger partial charge in [0, 0.05) is 22.2 Å². The van der Waals surface area contributed by atoms with Gasteiger partial charge in [0.15, 0.2) is 0 Å². The van der Waals surface area contributed by atoms with E-state index in [1.54, 1.807) is 66.8 Å². The van der Waals surface area contributed by atoms with Crippen molar-refractivity contribution in [3.8, 4) is 22.3 Å². The van der Waals surface area contributed by atoms with Gasteiger partial charge in [-0.3, -0.25) is 22.1 Å². The van der Waals surface area contributed by atoms with Crippen LogP contribution in [0.15, 0.2) is 131 Å². The molecular weight excluding hydrogens is 1020 g/mol. The molecule has 10 rings (SSSR count). The Bertz CT molecular complexity index is 2900. The molecule has 0 N–H and O–H groups in total. The Kier molecular flexibility index (Phi) is 15.9. The topological polar surface area (TPSA) is 25.8 Å². The maximum atomic E-state index is 4.90. The molecule has 0 saturated heterocycles. The average Bonchev–Trinajstić information content (AvgIpc) is 4.09. The van der Waals surface area contributed by atoms with Crippen LogP contribution in [0.2, 0.25) is 0 Å². The SMILES string of the molecule is CCC1=C(CC)C2[C-]=C1Cc1[cH-]c(c(CC)c1CC)CC1=[C-]C(Cc3[cH-]c(c(CC)c3CC)C2)C(CC)=C1CC.Cc1cc(-c2ccccc2)c2ccc3c(-c4ccccc4)cc(C)nc3c2n1.[Pt+4]. The molecule has 8 bridgehead atoms. The van der Waals surface area contributed by atoms with E-state index in [1.807, 2.05) is 12.1 Å². The molecule has 7 aromatic rings. The maximum Gasteiger partial charge on any atom is 4.00 e. The third-order valence-corrected chi connectivity index (χ3v) is 15.7. The zero-order valence-corrected chi connectivity index (χ0v) is 45.4. The molecule has 0 radical (unpaired) electrons. The van der Waals surface area contributed by atoms with Crippen LogP contribution in [0.1, 0.15) is 137 Å². The number of allylic oxidation sites excluding steroid dienone is 8. The number of fused-ring (bicyclic) bond motifs is 9. The maximum absolute atomic E-state index is 4.90. The second kappa shape index (κ2) is 21.9. The molecule has 2 atom stereocenters. The molecule has 2 heterocycles. The second-order valence-corrected chi connectivity index (χ2v) is 19.5. The summed E-state index contributed by atoms with van der Waals surface area (Å²) in [5.74, 6) is 0.862. The number of rotatable bonds is 10. The first-order valence-corrected chi connectivity index (χ1v) is 26.3. The minimum atomic E-state index is 0. The van der Waals surface area contributed by atoms with Crippen molar-refractivity contribution >= 4 is 21.8 Å². The average molecular weight is 1090 g/mol. The molecule has 0 fully saturated rings. The molecule has 2 unspecified atom stereocenters. The summed E-state index contributed by atoms with van der Waals surface area (Å²) < 4.78 is 0. The summed E-state index contributed by atoms with van der Waals surface area (Å²) in [4.78, 5) is 9.81. The van der Waals surface area contributed by atoms with E-state index in [2.05, 4.69) is 166 Å². The van der Waals surface area contributed by atoms with Gasteiger partial charge < -0.3 is 0 Å². The number of benzene rings is 3. The van der Waals surface area contributed by atoms with E-state index in [0.29, 0.717) is 11.8 Å². The molecule has 2 aromatic heterocycles. The Morgan fingerprint density at radius 3 is 1.17 bits per heavy atom. The van der Waals surface area contributed by atoms with Crippen LogP contribution >= 0.6 is 0 Å². The molecule has 0 spiro atoms. The number of pyridine rings is 2. The van der Waals surface area contributed by atoms with E-state index >= 15 is 0 Å². The van der Waals surface area contributed by atoms with Gasteiger partial charge in [0.25, 0.3) is 0 Å². The minimum absolute atomic E-state index is 0. The van der Waals surface area contributed by atoms with Crippen LogP contribution < -0.4 is 0 Å². The number of hydrogen-bond acceptors (Lipinski definition) is 2. The fraction of sp³-hybridized carbons (Fsp3) is 0.364. The molecule has 0 aliphatic heterocycles. The van der Waals surface area contributed by atoms with Gasteiger partial charge >= 0.3 is 21.1 Å². The second-order valence-electron chi connectivity index (χ2n) is 19.5. The summed E-state index contributed by atoms with van der Waals surface area (Å²) >= 11 is 0. The third kappa shape index (κ3) is 9.57. The summed E-state index contributed by atoms with van der Waals surface area (Å²) in [7, 11) is 0. The minimum Gasteiger partial charge on any atom is -0.265 e. The smallest absolute Gasteiger partial charge is 0.265 e. The quantitative estimate of drug-likeness (QED) is 0.101. The summed E-state index contributed by atoms with van der Waals surface area (Å²) in [6.07, 6.45) is 21.6. The van der Waals surface area contributed by atoms with Crippen molar-refractivity contribution in [2.75, 3.05) is 0 Å². The van der Waals surface area contributed by atoms with Crippen molar-refractivity contribution in [2.24, 2.45) is 11.8 Å². The van der Waals surface area contributed by atoms with Gasteiger partial charge in [0.1, 0.15) is 0 Å². The van der Waals surface area contributed by atoms with Gasteiger partial charge in [0.2, 0.25) is 0 Å². The van der Waals surface area contributed by atoms with Crippen molar-refractivity contribution in [3.63, 3.8) is 0 Å². The van der Waals surface area contributed by atoms with Crippen LogP contribution in [-0.4, -0.2) is 9.97 Å². The number of hydrogen-bond donors (Lipinski definition) is 0. The zero-order chi connectivity index (χ0) is 47.6. The van der Waals surface area contributed by atoms with Crippen molar-refractivity contribution in [1.82, 2.24) is 9.97 Å². The van der Waals surface area contributed by atoms with Gasteiger partial charge in [-0.1, -0.05) is 217 Å². The molecule has 2 nitrogen and oxygen atoms in total. The predicted octanol–water partition coefficient (Wildman–Crippen LogP) is 16.9. The van der Waals surface area contributed by atoms with E-state index in [1.165, 1.54) is 33.4 Å². The first-order chi connectivity index (χ1) is 33.2. The van der Waals surface area contributed by atoms with Crippen molar-refractivity contribution in [3.05, 3.63) is 199 Å². The van der Waals surface area contributed by atoms with Gasteiger partial charge in [0.05, 0.1) is 11.0 Å². The molecule has 0 saturated carbocycles. The van der Waals surface area contributed by atoms with E-state index < -0.39 is 0 Å². The van der Waals surface area contributed by atoms with Crippen LogP contribution in [0, 0.1) is 37.8 Å². The van der Waals surface area contributed by atoms with Gasteiger partial charge in [-0.15, -0.1) is 0 Å². The third-order valence-electron chi connectivity index (χ3n) is 15.7. The predicted molar refractivity (Wildman–Crippen MR) is 289 cm³/mol. The Morgan fingerprint density at radius 1 is 0.464 bits per heavy atom. The first kappa shape index (κ1) is 50.2. The summed E-state index contributed by atoms with van der Waals surface area (Å²) in [5, 5.41) is 2.28. The molecule has 3 heteroatoms. The standard InChI is InChI=1S/C40H52.C26H20N2.Pt/c1-9-33-25-17-26(34(33)10-2)22-28-19-30(38(14-6)36(28)12-4)24-32-20-31(39(15-7)40(32)16-8)23-29-18-27(21-25)35(11-3)37(29)13-5;1-17-15-23(19-9-5-3-6-10-19)21-13-14-22-24(20-11-7-4-8-12-20)16-18(2)28-26(22)25(21)27-17;/h17,20,27-28H,9-16,21-24H2,1-8H3;3-16H,1-2H3;/q-4;;+4. The van der Waals surface area contributed by atoms with Crippen molar-refractivity contribution < 1.29 is 21.1 Å². The van der Waals surface area contributed by atoms with Crippen LogP contribution in [0.5, 0.6) is 0 Å². The molecule has 69 heavy (non-hydrogen) atoms. The molecule has 0 amide bonds. The molecule has 3 aliphatic carbocycles. The number of nitrogens with zero attached hydrogens (tertiary/aromatic N) is 2. The largest absolute Gasteiger partial charge is 4.00 e. The molecule has 5 aromatic carbocycles. The molecular formula is C66H72N2Pt. The van der Waals surface area contributed by atoms with Crippen LogP contribution in [0.3, 0.4) is 0 Å². The fourth-order valence-electron chi connectivity index (χ4n) is 12.8. The molecule has 3 aliphatic rings. The summed E-state index contributed by atoms with van der Waals surface area (Å²) in [5.41, 5.74) is 31.1. The Labute approximate surface area is 429 Å². The van der Waals surface area contributed by atoms with E-state index in [-0.39, 0.29) is 21.1 Å². The van der Waals surface area contributed by atoms with Crippen molar-refractivity contribution in [2.45, 2.75) is 146 Å². The fourth-order valence-corrected chi connectivity index (χ4v) is 12.8. The zero-order valence-electron chi connectivity index (χ0n) is 43.1. The van der Waals surface area contributed by atoms with E-state index in [0.717, 1.165) is 110 Å². The molecule has 356 valence electrons. The summed E-state index contributed by atoms with van der Waals surface area (Å²) in [6, 6.07) is 34.9. The normalized spacial score (nSPS) is 16.7. The van der Waals surface area contributed by atoms with E-state index in [9.17, 15) is 0 Å². The van der Waals surface area contributed by atoms with Crippen LogP contribution in [-0.2, 0) is 72.4 Å². The van der Waals surface area contributed by atoms with Crippen LogP contribution in [0.25, 0.3) is 44.1 Å². The monoisotopic (exact) mass is 1090 g/mol. The Balaban J connectivity index is 0.000000194. The van der Waals surface area contributed by atoms with Gasteiger partial charge in [-0.05, 0) is 48.2 Å². The van der Waals surface area contributed by atoms with Gasteiger partial charge in [-0.25, -0.2) is 11.1 Å². The summed E-state index contributed by atoms with van der Waals surface area (Å²) in [6.45, 7) is 23.0. The Morgan fingerprint density at radius 2 is 0.826 bits per heavy atom. The van der Waals surface area contributed by atoms with Crippen molar-refractivity contribution in [1.29, 1.82) is 0 Å². The number of aromatic nitrogens is 2. The number of aryl methyl sites for hydroxylation is 2. The Hall–Kier alpha value is -5.17.